The molecule has 3 nitrogen and oxygen atoms in total. The van der Waals surface area contributed by atoms with Gasteiger partial charge in [-0.1, -0.05) is 6.92 Å². The van der Waals surface area contributed by atoms with Crippen molar-refractivity contribution in [3.05, 3.63) is 0 Å². The lowest BCUT2D eigenvalue weighted by Crippen LogP contribution is -2.43. The Morgan fingerprint density at radius 2 is 1.94 bits per heavy atom. The van der Waals surface area contributed by atoms with Gasteiger partial charge in [0.25, 0.3) is 0 Å². The Labute approximate surface area is 100 Å². The first kappa shape index (κ1) is 13.9. The largest absolute Gasteiger partial charge is 0.396 e. The summed E-state index contributed by atoms with van der Waals surface area (Å²) >= 11 is 0. The van der Waals surface area contributed by atoms with Crippen LogP contribution in [0, 0.1) is 0 Å². The SMILES string of the molecule is CCCN1CCC(N(C)CCCCO)CC1. The lowest BCUT2D eigenvalue weighted by atomic mass is 10.0. The maximum atomic E-state index is 8.76. The number of rotatable bonds is 7. The number of nitrogens with zero attached hydrogens (tertiary/aromatic N) is 2. The molecule has 16 heavy (non-hydrogen) atoms. The molecule has 3 heteroatoms. The molecule has 0 radical (unpaired) electrons. The summed E-state index contributed by atoms with van der Waals surface area (Å²) in [5.74, 6) is 0. The van der Waals surface area contributed by atoms with Crippen molar-refractivity contribution in [1.29, 1.82) is 0 Å². The topological polar surface area (TPSA) is 26.7 Å². The number of aliphatic hydroxyl groups excluding tert-OH is 1. The molecular weight excluding hydrogens is 200 g/mol. The van der Waals surface area contributed by atoms with Crippen molar-refractivity contribution in [2.24, 2.45) is 0 Å². The minimum Gasteiger partial charge on any atom is -0.396 e. The Hall–Kier alpha value is -0.120. The zero-order chi connectivity index (χ0) is 11.8. The molecule has 0 aromatic carbocycles. The van der Waals surface area contributed by atoms with Gasteiger partial charge in [0.2, 0.25) is 0 Å². The highest BCUT2D eigenvalue weighted by atomic mass is 16.2. The molecule has 1 saturated heterocycles. The van der Waals surface area contributed by atoms with E-state index in [0.29, 0.717) is 6.61 Å². The average Bonchev–Trinajstić information content (AvgIpc) is 2.30. The van der Waals surface area contributed by atoms with Crippen molar-refractivity contribution in [1.82, 2.24) is 9.80 Å². The number of aliphatic hydroxyl groups is 1. The fourth-order valence-electron chi connectivity index (χ4n) is 2.56. The summed E-state index contributed by atoms with van der Waals surface area (Å²) in [5.41, 5.74) is 0. The second-order valence-electron chi connectivity index (χ2n) is 4.98. The highest BCUT2D eigenvalue weighted by molar-refractivity contribution is 4.77. The number of unbranched alkanes of at least 4 members (excludes halogenated alkanes) is 1. The van der Waals surface area contributed by atoms with Crippen LogP contribution >= 0.6 is 0 Å². The minimum absolute atomic E-state index is 0.336. The van der Waals surface area contributed by atoms with Crippen LogP contribution in [-0.4, -0.2) is 60.8 Å². The van der Waals surface area contributed by atoms with Gasteiger partial charge in [0.05, 0.1) is 0 Å². The summed E-state index contributed by atoms with van der Waals surface area (Å²) < 4.78 is 0. The van der Waals surface area contributed by atoms with Crippen LogP contribution < -0.4 is 0 Å². The van der Waals surface area contributed by atoms with E-state index in [1.807, 2.05) is 0 Å². The van der Waals surface area contributed by atoms with Gasteiger partial charge in [-0.3, -0.25) is 0 Å². The van der Waals surface area contributed by atoms with Gasteiger partial charge in [0, 0.05) is 12.6 Å². The molecule has 0 spiro atoms. The number of likely N-dealkylation sites (tertiary alicyclic amines) is 1. The van der Waals surface area contributed by atoms with Gasteiger partial charge >= 0.3 is 0 Å². The van der Waals surface area contributed by atoms with Crippen molar-refractivity contribution in [2.45, 2.75) is 45.1 Å². The van der Waals surface area contributed by atoms with E-state index >= 15 is 0 Å². The van der Waals surface area contributed by atoms with Crippen molar-refractivity contribution in [3.8, 4) is 0 Å². The molecule has 0 atom stereocenters. The van der Waals surface area contributed by atoms with E-state index in [1.54, 1.807) is 0 Å². The van der Waals surface area contributed by atoms with Crippen LogP contribution in [0.25, 0.3) is 0 Å². The third kappa shape index (κ3) is 4.81. The highest BCUT2D eigenvalue weighted by Crippen LogP contribution is 2.15. The summed E-state index contributed by atoms with van der Waals surface area (Å²) in [6.45, 7) is 7.53. The van der Waals surface area contributed by atoms with Crippen LogP contribution in [0.1, 0.15) is 39.0 Å². The van der Waals surface area contributed by atoms with Crippen LogP contribution in [0.2, 0.25) is 0 Å². The predicted octanol–water partition coefficient (Wildman–Crippen LogP) is 1.57. The molecule has 0 aromatic rings. The quantitative estimate of drug-likeness (QED) is 0.670. The van der Waals surface area contributed by atoms with E-state index < -0.39 is 0 Å². The molecule has 1 rings (SSSR count). The van der Waals surface area contributed by atoms with Gasteiger partial charge in [-0.15, -0.1) is 0 Å². The van der Waals surface area contributed by atoms with Crippen LogP contribution in [0.5, 0.6) is 0 Å². The smallest absolute Gasteiger partial charge is 0.0431 e. The van der Waals surface area contributed by atoms with Crippen LogP contribution in [0.3, 0.4) is 0 Å². The fourth-order valence-corrected chi connectivity index (χ4v) is 2.56. The molecule has 0 saturated carbocycles. The molecular formula is C13H28N2O. The summed E-state index contributed by atoms with van der Waals surface area (Å²) in [7, 11) is 2.23. The Balaban J connectivity index is 2.14. The number of piperidine rings is 1. The monoisotopic (exact) mass is 228 g/mol. The second kappa shape index (κ2) is 8.04. The van der Waals surface area contributed by atoms with E-state index in [0.717, 1.165) is 25.4 Å². The normalized spacial score (nSPS) is 19.5. The Morgan fingerprint density at radius 3 is 2.50 bits per heavy atom. The van der Waals surface area contributed by atoms with Crippen molar-refractivity contribution in [3.63, 3.8) is 0 Å². The van der Waals surface area contributed by atoms with Crippen molar-refractivity contribution < 1.29 is 5.11 Å². The first-order valence-electron chi connectivity index (χ1n) is 6.81. The van der Waals surface area contributed by atoms with E-state index in [1.165, 1.54) is 38.9 Å². The minimum atomic E-state index is 0.336. The third-order valence-electron chi connectivity index (χ3n) is 3.64. The second-order valence-corrected chi connectivity index (χ2v) is 4.98. The van der Waals surface area contributed by atoms with E-state index in [-0.39, 0.29) is 0 Å². The van der Waals surface area contributed by atoms with Gasteiger partial charge < -0.3 is 14.9 Å². The summed E-state index contributed by atoms with van der Waals surface area (Å²) in [4.78, 5) is 5.07. The van der Waals surface area contributed by atoms with Gasteiger partial charge in [-0.25, -0.2) is 0 Å². The van der Waals surface area contributed by atoms with E-state index in [9.17, 15) is 0 Å². The Bertz CT molecular complexity index is 167. The molecule has 1 fully saturated rings. The summed E-state index contributed by atoms with van der Waals surface area (Å²) in [6.07, 6.45) is 5.98. The van der Waals surface area contributed by atoms with Crippen LogP contribution in [-0.2, 0) is 0 Å². The standard InChI is InChI=1S/C13H28N2O/c1-3-8-15-10-6-13(7-11-15)14(2)9-4-5-12-16/h13,16H,3-12H2,1-2H3. The maximum absolute atomic E-state index is 8.76. The van der Waals surface area contributed by atoms with Gasteiger partial charge in [0.1, 0.15) is 0 Å². The molecule has 1 heterocycles. The lowest BCUT2D eigenvalue weighted by Gasteiger charge is -2.36. The molecule has 1 N–H and O–H groups in total. The molecule has 96 valence electrons. The fraction of sp³-hybridized carbons (Fsp3) is 1.00. The molecule has 0 amide bonds. The number of hydrogen-bond acceptors (Lipinski definition) is 3. The highest BCUT2D eigenvalue weighted by Gasteiger charge is 2.21. The van der Waals surface area contributed by atoms with Gasteiger partial charge in [-0.2, -0.15) is 0 Å². The first-order valence-corrected chi connectivity index (χ1v) is 6.81. The average molecular weight is 228 g/mol. The van der Waals surface area contributed by atoms with Crippen molar-refractivity contribution in [2.75, 3.05) is 39.8 Å². The molecule has 0 aliphatic carbocycles. The predicted molar refractivity (Wildman–Crippen MR) is 68.7 cm³/mol. The van der Waals surface area contributed by atoms with Crippen LogP contribution in [0.4, 0.5) is 0 Å². The summed E-state index contributed by atoms with van der Waals surface area (Å²) in [5, 5.41) is 8.76. The number of hydrogen-bond donors (Lipinski definition) is 1. The van der Waals surface area contributed by atoms with Gasteiger partial charge in [-0.05, 0) is 65.3 Å². The molecule has 1 aliphatic rings. The van der Waals surface area contributed by atoms with Gasteiger partial charge in [0.15, 0.2) is 0 Å². The molecule has 1 aliphatic heterocycles. The molecule has 0 unspecified atom stereocenters. The Morgan fingerprint density at radius 1 is 1.25 bits per heavy atom. The third-order valence-corrected chi connectivity index (χ3v) is 3.64. The molecule has 0 aromatic heterocycles. The molecule has 0 bridgehead atoms. The first-order chi connectivity index (χ1) is 7.77. The van der Waals surface area contributed by atoms with Crippen molar-refractivity contribution >= 4 is 0 Å². The van der Waals surface area contributed by atoms with E-state index in [4.69, 9.17) is 5.11 Å². The van der Waals surface area contributed by atoms with E-state index in [2.05, 4.69) is 23.8 Å². The maximum Gasteiger partial charge on any atom is 0.0431 e. The summed E-state index contributed by atoms with van der Waals surface area (Å²) in [6, 6.07) is 0.770. The van der Waals surface area contributed by atoms with Crippen LogP contribution in [0.15, 0.2) is 0 Å². The zero-order valence-corrected chi connectivity index (χ0v) is 11.0. The zero-order valence-electron chi connectivity index (χ0n) is 11.0. The Kier molecular flexibility index (Phi) is 7.01. The lowest BCUT2D eigenvalue weighted by molar-refractivity contribution is 0.125.